The van der Waals surface area contributed by atoms with Gasteiger partial charge in [-0.15, -0.1) is 11.3 Å². The lowest BCUT2D eigenvalue weighted by molar-refractivity contribution is 0.0697. The maximum absolute atomic E-state index is 12.3. The van der Waals surface area contributed by atoms with E-state index in [1.54, 1.807) is 0 Å². The van der Waals surface area contributed by atoms with Crippen LogP contribution in [0.25, 0.3) is 0 Å². The van der Waals surface area contributed by atoms with Crippen LogP contribution in [0.2, 0.25) is 0 Å². The SMILES string of the molecule is O=C(O)c1csc(S(=O)(=O)NCC2(c3ccccc3)CC2)c1. The highest BCUT2D eigenvalue weighted by atomic mass is 32.2. The number of hydrogen-bond donors (Lipinski definition) is 2. The first-order valence-corrected chi connectivity index (χ1v) is 9.16. The Morgan fingerprint density at radius 2 is 1.95 bits per heavy atom. The molecule has 7 heteroatoms. The molecule has 1 fully saturated rings. The van der Waals surface area contributed by atoms with E-state index in [4.69, 9.17) is 5.11 Å². The summed E-state index contributed by atoms with van der Waals surface area (Å²) in [5, 5.41) is 10.2. The van der Waals surface area contributed by atoms with Crippen molar-refractivity contribution in [3.63, 3.8) is 0 Å². The van der Waals surface area contributed by atoms with Gasteiger partial charge in [0.25, 0.3) is 0 Å². The predicted octanol–water partition coefficient (Wildman–Crippen LogP) is 2.46. The first kappa shape index (κ1) is 15.2. The lowest BCUT2D eigenvalue weighted by Gasteiger charge is -2.16. The third-order valence-electron chi connectivity index (χ3n) is 3.93. The Balaban J connectivity index is 1.74. The Morgan fingerprint density at radius 1 is 1.27 bits per heavy atom. The zero-order valence-corrected chi connectivity index (χ0v) is 13.3. The molecule has 22 heavy (non-hydrogen) atoms. The Hall–Kier alpha value is -1.70. The minimum atomic E-state index is -3.67. The molecule has 0 unspecified atom stereocenters. The highest BCUT2D eigenvalue weighted by Gasteiger charge is 2.44. The first-order chi connectivity index (χ1) is 10.4. The summed E-state index contributed by atoms with van der Waals surface area (Å²) >= 11 is 0.920. The number of aromatic carboxylic acids is 1. The van der Waals surface area contributed by atoms with Crippen LogP contribution in [0.4, 0.5) is 0 Å². The second-order valence-corrected chi connectivity index (χ2v) is 8.34. The molecule has 116 valence electrons. The largest absolute Gasteiger partial charge is 0.478 e. The van der Waals surface area contributed by atoms with Gasteiger partial charge in [-0.25, -0.2) is 17.9 Å². The molecule has 0 amide bonds. The van der Waals surface area contributed by atoms with E-state index < -0.39 is 16.0 Å². The average molecular weight is 337 g/mol. The van der Waals surface area contributed by atoms with Crippen molar-refractivity contribution in [3.8, 4) is 0 Å². The van der Waals surface area contributed by atoms with Gasteiger partial charge >= 0.3 is 5.97 Å². The number of carbonyl (C=O) groups is 1. The number of rotatable bonds is 6. The molecule has 1 aromatic heterocycles. The highest BCUT2D eigenvalue weighted by Crippen LogP contribution is 2.47. The van der Waals surface area contributed by atoms with Crippen LogP contribution < -0.4 is 4.72 Å². The fourth-order valence-electron chi connectivity index (χ4n) is 2.38. The second kappa shape index (κ2) is 5.49. The van der Waals surface area contributed by atoms with Crippen LogP contribution in [-0.4, -0.2) is 26.0 Å². The molecule has 2 aromatic rings. The normalized spacial score (nSPS) is 16.4. The van der Waals surface area contributed by atoms with Gasteiger partial charge in [-0.1, -0.05) is 30.3 Å². The third-order valence-corrected chi connectivity index (χ3v) is 6.77. The lowest BCUT2D eigenvalue weighted by Crippen LogP contribution is -2.31. The Bertz CT molecular complexity index is 792. The molecule has 5 nitrogen and oxygen atoms in total. The van der Waals surface area contributed by atoms with Gasteiger partial charge < -0.3 is 5.11 Å². The molecule has 0 atom stereocenters. The summed E-state index contributed by atoms with van der Waals surface area (Å²) in [6, 6.07) is 11.0. The molecule has 1 aliphatic rings. The van der Waals surface area contributed by atoms with Crippen LogP contribution in [-0.2, 0) is 15.4 Å². The van der Waals surface area contributed by atoms with Gasteiger partial charge in [0, 0.05) is 17.3 Å². The summed E-state index contributed by atoms with van der Waals surface area (Å²) in [6.45, 7) is 0.333. The molecule has 3 rings (SSSR count). The number of nitrogens with one attached hydrogen (secondary N) is 1. The smallest absolute Gasteiger partial charge is 0.336 e. The summed E-state index contributed by atoms with van der Waals surface area (Å²) in [6.07, 6.45) is 1.90. The monoisotopic (exact) mass is 337 g/mol. The molecular weight excluding hydrogens is 322 g/mol. The van der Waals surface area contributed by atoms with Gasteiger partial charge in [0.2, 0.25) is 10.0 Å². The van der Waals surface area contributed by atoms with Crippen molar-refractivity contribution in [2.45, 2.75) is 22.5 Å². The Labute approximate surface area is 132 Å². The fraction of sp³-hybridized carbons (Fsp3) is 0.267. The Kier molecular flexibility index (Phi) is 3.80. The van der Waals surface area contributed by atoms with Gasteiger partial charge in [0.15, 0.2) is 0 Å². The molecule has 1 aromatic carbocycles. The number of carboxylic acids is 1. The van der Waals surface area contributed by atoms with Gasteiger partial charge in [0.1, 0.15) is 4.21 Å². The second-order valence-electron chi connectivity index (χ2n) is 5.43. The minimum absolute atomic E-state index is 0.00503. The maximum Gasteiger partial charge on any atom is 0.336 e. The van der Waals surface area contributed by atoms with E-state index in [1.807, 2.05) is 30.3 Å². The van der Waals surface area contributed by atoms with Crippen molar-refractivity contribution in [2.24, 2.45) is 0 Å². The van der Waals surface area contributed by atoms with Crippen LogP contribution in [0.1, 0.15) is 28.8 Å². The number of carboxylic acid groups (broad SMARTS) is 1. The zero-order chi connectivity index (χ0) is 15.8. The molecule has 0 radical (unpaired) electrons. The summed E-state index contributed by atoms with van der Waals surface area (Å²) in [5.41, 5.74) is 1.01. The average Bonchev–Trinajstić information content (AvgIpc) is 3.12. The molecule has 1 aliphatic carbocycles. The quantitative estimate of drug-likeness (QED) is 0.848. The summed E-state index contributed by atoms with van der Waals surface area (Å²) in [5.74, 6) is -1.12. The maximum atomic E-state index is 12.3. The molecule has 0 saturated heterocycles. The van der Waals surface area contributed by atoms with Crippen LogP contribution in [0.15, 0.2) is 46.0 Å². The molecular formula is C15H15NO4S2. The number of benzene rings is 1. The zero-order valence-electron chi connectivity index (χ0n) is 11.7. The fourth-order valence-corrected chi connectivity index (χ4v) is 4.71. The molecule has 0 aliphatic heterocycles. The standard InChI is InChI=1S/C15H15NO4S2/c17-14(18)11-8-13(21-9-11)22(19,20)16-10-15(6-7-15)12-4-2-1-3-5-12/h1-5,8-9,16H,6-7,10H2,(H,17,18). The van der Waals surface area contributed by atoms with E-state index >= 15 is 0 Å². The van der Waals surface area contributed by atoms with Crippen LogP contribution >= 0.6 is 11.3 Å². The highest BCUT2D eigenvalue weighted by molar-refractivity contribution is 7.91. The summed E-state index contributed by atoms with van der Waals surface area (Å²) < 4.78 is 27.2. The van der Waals surface area contributed by atoms with Crippen molar-refractivity contribution >= 4 is 27.3 Å². The van der Waals surface area contributed by atoms with Gasteiger partial charge in [-0.3, -0.25) is 0 Å². The summed E-state index contributed by atoms with van der Waals surface area (Å²) in [4.78, 5) is 10.8. The Morgan fingerprint density at radius 3 is 2.50 bits per heavy atom. The van der Waals surface area contributed by atoms with Crippen molar-refractivity contribution in [3.05, 3.63) is 52.9 Å². The van der Waals surface area contributed by atoms with Crippen LogP contribution in [0.5, 0.6) is 0 Å². The number of hydrogen-bond acceptors (Lipinski definition) is 4. The third kappa shape index (κ3) is 2.92. The number of sulfonamides is 1. The summed E-state index contributed by atoms with van der Waals surface area (Å²) in [7, 11) is -3.67. The topological polar surface area (TPSA) is 83.5 Å². The van der Waals surface area contributed by atoms with E-state index in [0.717, 1.165) is 29.7 Å². The molecule has 1 heterocycles. The molecule has 1 saturated carbocycles. The molecule has 0 spiro atoms. The van der Waals surface area contributed by atoms with Gasteiger partial charge in [0.05, 0.1) is 5.56 Å². The van der Waals surface area contributed by atoms with E-state index in [1.165, 1.54) is 11.4 Å². The van der Waals surface area contributed by atoms with Crippen molar-refractivity contribution in [2.75, 3.05) is 6.54 Å². The van der Waals surface area contributed by atoms with Crippen molar-refractivity contribution in [1.29, 1.82) is 0 Å². The lowest BCUT2D eigenvalue weighted by atomic mass is 9.96. The minimum Gasteiger partial charge on any atom is -0.478 e. The van der Waals surface area contributed by atoms with E-state index in [9.17, 15) is 13.2 Å². The van der Waals surface area contributed by atoms with Crippen LogP contribution in [0, 0.1) is 0 Å². The molecule has 0 bridgehead atoms. The van der Waals surface area contributed by atoms with Gasteiger partial charge in [-0.2, -0.15) is 0 Å². The number of thiophene rings is 1. The van der Waals surface area contributed by atoms with E-state index in [2.05, 4.69) is 4.72 Å². The van der Waals surface area contributed by atoms with Crippen molar-refractivity contribution < 1.29 is 18.3 Å². The van der Waals surface area contributed by atoms with E-state index in [0.29, 0.717) is 6.54 Å². The predicted molar refractivity (Wildman–Crippen MR) is 83.8 cm³/mol. The van der Waals surface area contributed by atoms with Crippen molar-refractivity contribution in [1.82, 2.24) is 4.72 Å². The first-order valence-electron chi connectivity index (χ1n) is 6.80. The molecule has 2 N–H and O–H groups in total. The van der Waals surface area contributed by atoms with E-state index in [-0.39, 0.29) is 15.2 Å². The van der Waals surface area contributed by atoms with Crippen LogP contribution in [0.3, 0.4) is 0 Å². The van der Waals surface area contributed by atoms with Gasteiger partial charge in [-0.05, 0) is 24.5 Å².